The molecular weight excluding hydrogens is 283 g/mol. The highest BCUT2D eigenvalue weighted by Gasteiger charge is 2.03. The first kappa shape index (κ1) is 12.0. The van der Waals surface area contributed by atoms with E-state index in [1.807, 2.05) is 13.1 Å². The van der Waals surface area contributed by atoms with Gasteiger partial charge in [-0.2, -0.15) is 0 Å². The molecular formula is C13H12BrFN2. The van der Waals surface area contributed by atoms with Gasteiger partial charge in [0.05, 0.1) is 11.9 Å². The summed E-state index contributed by atoms with van der Waals surface area (Å²) in [6.07, 6.45) is 3.55. The lowest BCUT2D eigenvalue weighted by Crippen LogP contribution is -2.16. The molecule has 1 heterocycles. The fourth-order valence-electron chi connectivity index (χ4n) is 1.56. The van der Waals surface area contributed by atoms with Crippen LogP contribution in [0.5, 0.6) is 0 Å². The fraction of sp³-hybridized carbons (Fsp3) is 0.154. The third-order valence-corrected chi connectivity index (χ3v) is 2.90. The predicted molar refractivity (Wildman–Crippen MR) is 70.4 cm³/mol. The van der Waals surface area contributed by atoms with Crippen molar-refractivity contribution < 1.29 is 4.39 Å². The summed E-state index contributed by atoms with van der Waals surface area (Å²) in [4.78, 5) is 6.17. The van der Waals surface area contributed by atoms with Gasteiger partial charge in [0.2, 0.25) is 0 Å². The first-order chi connectivity index (χ1) is 8.15. The minimum atomic E-state index is -0.208. The van der Waals surface area contributed by atoms with E-state index in [0.717, 1.165) is 22.3 Å². The number of nitrogens with zero attached hydrogens (tertiary/aromatic N) is 2. The van der Waals surface area contributed by atoms with E-state index in [1.54, 1.807) is 24.5 Å². The van der Waals surface area contributed by atoms with Crippen LogP contribution >= 0.6 is 15.9 Å². The maximum Gasteiger partial charge on any atom is 0.123 e. The van der Waals surface area contributed by atoms with Gasteiger partial charge in [-0.15, -0.1) is 0 Å². The Kier molecular flexibility index (Phi) is 3.74. The zero-order chi connectivity index (χ0) is 12.3. The molecule has 0 aliphatic carbocycles. The molecule has 2 nitrogen and oxygen atoms in total. The van der Waals surface area contributed by atoms with Gasteiger partial charge in [-0.05, 0) is 39.7 Å². The topological polar surface area (TPSA) is 16.1 Å². The molecule has 2 rings (SSSR count). The molecule has 88 valence electrons. The van der Waals surface area contributed by atoms with E-state index in [1.165, 1.54) is 12.1 Å². The van der Waals surface area contributed by atoms with Crippen molar-refractivity contribution in [2.24, 2.45) is 0 Å². The van der Waals surface area contributed by atoms with Gasteiger partial charge in [0.25, 0.3) is 0 Å². The van der Waals surface area contributed by atoms with Crippen molar-refractivity contribution in [1.82, 2.24) is 4.98 Å². The van der Waals surface area contributed by atoms with Gasteiger partial charge in [-0.1, -0.05) is 12.1 Å². The number of benzene rings is 1. The average molecular weight is 295 g/mol. The quantitative estimate of drug-likeness (QED) is 0.859. The number of hydrogen-bond acceptors (Lipinski definition) is 2. The zero-order valence-corrected chi connectivity index (χ0v) is 11.0. The minimum absolute atomic E-state index is 0.208. The normalized spacial score (nSPS) is 10.3. The summed E-state index contributed by atoms with van der Waals surface area (Å²) in [7, 11) is 1.98. The highest BCUT2D eigenvalue weighted by atomic mass is 79.9. The van der Waals surface area contributed by atoms with Crippen LogP contribution in [-0.4, -0.2) is 12.0 Å². The van der Waals surface area contributed by atoms with Crippen LogP contribution in [0.2, 0.25) is 0 Å². The first-order valence-corrected chi connectivity index (χ1v) is 6.00. The summed E-state index contributed by atoms with van der Waals surface area (Å²) < 4.78 is 13.7. The summed E-state index contributed by atoms with van der Waals surface area (Å²) in [6, 6.07) is 8.52. The number of halogens is 2. The average Bonchev–Trinajstić information content (AvgIpc) is 2.32. The highest BCUT2D eigenvalue weighted by molar-refractivity contribution is 9.10. The third-order valence-electron chi connectivity index (χ3n) is 2.46. The lowest BCUT2D eigenvalue weighted by molar-refractivity contribution is 0.627. The Morgan fingerprint density at radius 3 is 2.59 bits per heavy atom. The molecule has 0 spiro atoms. The molecule has 0 aliphatic rings. The summed E-state index contributed by atoms with van der Waals surface area (Å²) >= 11 is 3.39. The smallest absolute Gasteiger partial charge is 0.123 e. The molecule has 0 atom stereocenters. The Bertz CT molecular complexity index is 499. The van der Waals surface area contributed by atoms with Crippen molar-refractivity contribution in [2.45, 2.75) is 6.54 Å². The molecule has 0 saturated heterocycles. The van der Waals surface area contributed by atoms with Crippen molar-refractivity contribution in [3.8, 4) is 0 Å². The molecule has 0 unspecified atom stereocenters. The van der Waals surface area contributed by atoms with E-state index in [-0.39, 0.29) is 5.82 Å². The molecule has 0 amide bonds. The maximum atomic E-state index is 12.8. The van der Waals surface area contributed by atoms with Crippen LogP contribution in [0.3, 0.4) is 0 Å². The van der Waals surface area contributed by atoms with Gasteiger partial charge in [-0.3, -0.25) is 4.98 Å². The van der Waals surface area contributed by atoms with E-state index in [0.29, 0.717) is 0 Å². The van der Waals surface area contributed by atoms with Crippen molar-refractivity contribution in [3.05, 3.63) is 58.6 Å². The second kappa shape index (κ2) is 5.27. The van der Waals surface area contributed by atoms with Crippen LogP contribution in [0.15, 0.2) is 47.2 Å². The predicted octanol–water partition coefficient (Wildman–Crippen LogP) is 3.62. The molecule has 2 aromatic rings. The lowest BCUT2D eigenvalue weighted by atomic mass is 10.2. The van der Waals surface area contributed by atoms with Crippen molar-refractivity contribution in [2.75, 3.05) is 11.9 Å². The molecule has 4 heteroatoms. The summed E-state index contributed by atoms with van der Waals surface area (Å²) in [6.45, 7) is 0.721. The van der Waals surface area contributed by atoms with E-state index in [2.05, 4.69) is 25.8 Å². The molecule has 0 saturated carbocycles. The van der Waals surface area contributed by atoms with Gasteiger partial charge in [-0.25, -0.2) is 4.39 Å². The monoisotopic (exact) mass is 294 g/mol. The van der Waals surface area contributed by atoms with Crippen LogP contribution in [0.1, 0.15) is 5.56 Å². The molecule has 0 N–H and O–H groups in total. The Labute approximate surface area is 108 Å². The summed E-state index contributed by atoms with van der Waals surface area (Å²) in [5.41, 5.74) is 2.08. The Balaban J connectivity index is 2.11. The van der Waals surface area contributed by atoms with Gasteiger partial charge in [0.15, 0.2) is 0 Å². The standard InChI is InChI=1S/C13H12BrFN2/c1-17(13-6-11(14)7-16-8-13)9-10-2-4-12(15)5-3-10/h2-8H,9H2,1H3. The highest BCUT2D eigenvalue weighted by Crippen LogP contribution is 2.18. The molecule has 0 radical (unpaired) electrons. The second-order valence-electron chi connectivity index (χ2n) is 3.84. The van der Waals surface area contributed by atoms with Gasteiger partial charge in [0.1, 0.15) is 5.82 Å². The summed E-state index contributed by atoms with van der Waals surface area (Å²) in [5.74, 6) is -0.208. The third kappa shape index (κ3) is 3.27. The fourth-order valence-corrected chi connectivity index (χ4v) is 1.92. The zero-order valence-electron chi connectivity index (χ0n) is 9.40. The molecule has 0 aliphatic heterocycles. The van der Waals surface area contributed by atoms with Crippen LogP contribution in [0, 0.1) is 5.82 Å². The van der Waals surface area contributed by atoms with Crippen LogP contribution in [0.4, 0.5) is 10.1 Å². The molecule has 0 bridgehead atoms. The van der Waals surface area contributed by atoms with Crippen LogP contribution in [0.25, 0.3) is 0 Å². The SMILES string of the molecule is CN(Cc1ccc(F)cc1)c1cncc(Br)c1. The van der Waals surface area contributed by atoms with E-state index in [9.17, 15) is 4.39 Å². The number of aromatic nitrogens is 1. The van der Waals surface area contributed by atoms with Crippen molar-refractivity contribution in [3.63, 3.8) is 0 Å². The number of rotatable bonds is 3. The maximum absolute atomic E-state index is 12.8. The van der Waals surface area contributed by atoms with Crippen molar-refractivity contribution >= 4 is 21.6 Å². The first-order valence-electron chi connectivity index (χ1n) is 5.21. The summed E-state index contributed by atoms with van der Waals surface area (Å²) in [5, 5.41) is 0. The number of pyridine rings is 1. The second-order valence-corrected chi connectivity index (χ2v) is 4.76. The Morgan fingerprint density at radius 1 is 1.24 bits per heavy atom. The minimum Gasteiger partial charge on any atom is -0.369 e. The molecule has 1 aromatic carbocycles. The lowest BCUT2D eigenvalue weighted by Gasteiger charge is -2.19. The molecule has 0 fully saturated rings. The van der Waals surface area contributed by atoms with E-state index < -0.39 is 0 Å². The van der Waals surface area contributed by atoms with Gasteiger partial charge >= 0.3 is 0 Å². The Morgan fingerprint density at radius 2 is 1.94 bits per heavy atom. The van der Waals surface area contributed by atoms with Gasteiger partial charge < -0.3 is 4.90 Å². The Hall–Kier alpha value is -1.42. The van der Waals surface area contributed by atoms with Gasteiger partial charge in [0, 0.05) is 24.3 Å². The largest absolute Gasteiger partial charge is 0.369 e. The van der Waals surface area contributed by atoms with Crippen molar-refractivity contribution in [1.29, 1.82) is 0 Å². The molecule has 17 heavy (non-hydrogen) atoms. The van der Waals surface area contributed by atoms with Crippen LogP contribution < -0.4 is 4.90 Å². The molecule has 1 aromatic heterocycles. The van der Waals surface area contributed by atoms with E-state index in [4.69, 9.17) is 0 Å². The van der Waals surface area contributed by atoms with E-state index >= 15 is 0 Å². The number of anilines is 1. The number of hydrogen-bond donors (Lipinski definition) is 0. The van der Waals surface area contributed by atoms with Crippen LogP contribution in [-0.2, 0) is 6.54 Å².